The van der Waals surface area contributed by atoms with Crippen LogP contribution in [0.15, 0.2) is 0 Å². The van der Waals surface area contributed by atoms with Gasteiger partial charge in [0.15, 0.2) is 0 Å². The van der Waals surface area contributed by atoms with E-state index in [0.29, 0.717) is 6.61 Å². The van der Waals surface area contributed by atoms with E-state index in [1.807, 2.05) is 0 Å². The minimum Gasteiger partial charge on any atom is -0.822 e. The number of hydrogen-bond donors (Lipinski definition) is 1. The Morgan fingerprint density at radius 3 is 0.758 bits per heavy atom. The molecule has 0 bridgehead atoms. The van der Waals surface area contributed by atoms with Gasteiger partial charge >= 0.3 is 154 Å². The molecule has 184 valence electrons. The molecule has 0 amide bonds. The molecule has 0 unspecified atom stereocenters. The summed E-state index contributed by atoms with van der Waals surface area (Å²) in [7, 11) is -5.39. The molecule has 0 aliphatic rings. The molecule has 0 rings (SSSR count). The van der Waals surface area contributed by atoms with Crippen LogP contribution >= 0.6 is 7.82 Å². The largest absolute Gasteiger partial charge is 1.00 e. The molecular formula is C24H50K3O5P. The van der Waals surface area contributed by atoms with Crippen LogP contribution in [-0.2, 0) is 4.57 Å². The van der Waals surface area contributed by atoms with E-state index in [9.17, 15) is 0 Å². The molecule has 0 atom stereocenters. The van der Waals surface area contributed by atoms with Crippen LogP contribution in [0.2, 0.25) is 0 Å². The van der Waals surface area contributed by atoms with Crippen LogP contribution in [-0.4, -0.2) is 11.7 Å². The number of aliphatic hydroxyl groups excluding tert-OH is 1. The first-order chi connectivity index (χ1) is 14.4. The zero-order valence-corrected chi connectivity index (χ0v) is 33.1. The third-order valence-electron chi connectivity index (χ3n) is 5.51. The van der Waals surface area contributed by atoms with Crippen molar-refractivity contribution in [3.63, 3.8) is 0 Å². The molecule has 0 spiro atoms. The van der Waals surface area contributed by atoms with Gasteiger partial charge in [0.05, 0.1) is 0 Å². The second-order valence-electron chi connectivity index (χ2n) is 8.60. The van der Waals surface area contributed by atoms with Crippen molar-refractivity contribution in [2.75, 3.05) is 6.61 Å². The number of aliphatic hydroxyl groups is 1. The molecule has 0 fully saturated rings. The van der Waals surface area contributed by atoms with Crippen LogP contribution in [0, 0.1) is 0 Å². The third-order valence-corrected chi connectivity index (χ3v) is 5.51. The zero-order valence-electron chi connectivity index (χ0n) is 22.8. The van der Waals surface area contributed by atoms with Gasteiger partial charge in [-0.3, -0.25) is 0 Å². The van der Waals surface area contributed by atoms with Crippen LogP contribution in [0.1, 0.15) is 148 Å². The SMILES string of the molecule is CCCCCCCCCCCCCCCCCCCCCCCCO.O=P([O-])([O-])[O-].[K+].[K+].[K+]. The van der Waals surface area contributed by atoms with Crippen LogP contribution in [0.4, 0.5) is 0 Å². The summed E-state index contributed by atoms with van der Waals surface area (Å²) in [6.45, 7) is 2.67. The third kappa shape index (κ3) is 62.2. The Bertz CT molecular complexity index is 331. The van der Waals surface area contributed by atoms with E-state index in [1.54, 1.807) is 0 Å². The summed E-state index contributed by atoms with van der Waals surface area (Å²) >= 11 is 0. The zero-order chi connectivity index (χ0) is 22.8. The Labute approximate surface area is 334 Å². The summed E-state index contributed by atoms with van der Waals surface area (Å²) in [6.07, 6.45) is 31.1. The summed E-state index contributed by atoms with van der Waals surface area (Å²) in [5, 5.41) is 8.72. The molecule has 33 heavy (non-hydrogen) atoms. The van der Waals surface area contributed by atoms with Gasteiger partial charge in [0.1, 0.15) is 0 Å². The molecule has 0 heterocycles. The molecule has 0 aromatic rings. The molecule has 0 radical (unpaired) electrons. The van der Waals surface area contributed by atoms with Crippen molar-refractivity contribution in [2.24, 2.45) is 0 Å². The molecule has 0 saturated heterocycles. The van der Waals surface area contributed by atoms with Crippen molar-refractivity contribution in [1.29, 1.82) is 0 Å². The molecule has 9 heteroatoms. The second kappa shape index (κ2) is 41.5. The predicted molar refractivity (Wildman–Crippen MR) is 122 cm³/mol. The van der Waals surface area contributed by atoms with Gasteiger partial charge in [0.25, 0.3) is 0 Å². The molecule has 1 N–H and O–H groups in total. The van der Waals surface area contributed by atoms with E-state index in [0.717, 1.165) is 6.42 Å². The van der Waals surface area contributed by atoms with E-state index in [-0.39, 0.29) is 154 Å². The quantitative estimate of drug-likeness (QED) is 0.0843. The Balaban J connectivity index is -0.000000293. The Hall–Kier alpha value is 4.98. The average Bonchev–Trinajstić information content (AvgIpc) is 2.68. The van der Waals surface area contributed by atoms with Crippen molar-refractivity contribution < 1.29 is 179 Å². The molecule has 0 aliphatic carbocycles. The molecule has 0 aliphatic heterocycles. The molecule has 0 aromatic heterocycles. The summed E-state index contributed by atoms with van der Waals surface area (Å²) in [4.78, 5) is 25.6. The average molecular weight is 567 g/mol. The standard InChI is InChI=1S/C24H50O.3K.H3O4P/c1-2-3-4-5-6-7-8-9-10-11-12-13-14-15-16-17-18-19-20-21-22-23-24-25;;;;1-5(2,3)4/h25H,2-24H2,1H3;;;;(H3,1,2,3,4)/q;3*+1;/p-3. The van der Waals surface area contributed by atoms with Crippen molar-refractivity contribution in [3.8, 4) is 0 Å². The second-order valence-corrected chi connectivity index (χ2v) is 9.49. The maximum atomic E-state index is 8.72. The molecular weight excluding hydrogens is 517 g/mol. The van der Waals surface area contributed by atoms with Crippen LogP contribution < -0.4 is 169 Å². The topological polar surface area (TPSA) is 106 Å². The Morgan fingerprint density at radius 2 is 0.606 bits per heavy atom. The minimum absolute atomic E-state index is 0. The Morgan fingerprint density at radius 1 is 0.455 bits per heavy atom. The van der Waals surface area contributed by atoms with Gasteiger partial charge in [-0.25, -0.2) is 0 Å². The van der Waals surface area contributed by atoms with Crippen molar-refractivity contribution in [2.45, 2.75) is 148 Å². The first-order valence-corrected chi connectivity index (χ1v) is 14.2. The minimum atomic E-state index is -5.39. The van der Waals surface area contributed by atoms with Gasteiger partial charge in [-0.2, -0.15) is 7.82 Å². The molecule has 0 aromatic carbocycles. The van der Waals surface area contributed by atoms with E-state index in [4.69, 9.17) is 24.4 Å². The normalized spacial score (nSPS) is 10.3. The predicted octanol–water partition coefficient (Wildman–Crippen LogP) is -3.23. The van der Waals surface area contributed by atoms with Gasteiger partial charge in [-0.05, 0) is 6.42 Å². The molecule has 0 saturated carbocycles. The number of unbranched alkanes of at least 4 members (excludes halogenated alkanes) is 21. The summed E-state index contributed by atoms with van der Waals surface area (Å²) < 4.78 is 8.55. The monoisotopic (exact) mass is 566 g/mol. The van der Waals surface area contributed by atoms with Gasteiger partial charge < -0.3 is 24.4 Å². The summed E-state index contributed by atoms with van der Waals surface area (Å²) in [6, 6.07) is 0. The van der Waals surface area contributed by atoms with Gasteiger partial charge in [-0.15, -0.1) is 0 Å². The fourth-order valence-electron chi connectivity index (χ4n) is 3.72. The van der Waals surface area contributed by atoms with Crippen LogP contribution in [0.3, 0.4) is 0 Å². The van der Waals surface area contributed by atoms with Gasteiger partial charge in [0, 0.05) is 6.61 Å². The maximum absolute atomic E-state index is 8.72. The van der Waals surface area contributed by atoms with Crippen molar-refractivity contribution >= 4 is 7.82 Å². The number of rotatable bonds is 22. The molecule has 5 nitrogen and oxygen atoms in total. The maximum Gasteiger partial charge on any atom is 1.00 e. The summed E-state index contributed by atoms with van der Waals surface area (Å²) in [5.41, 5.74) is 0. The number of phosphoric acid groups is 1. The first-order valence-electron chi connectivity index (χ1n) is 12.8. The van der Waals surface area contributed by atoms with Crippen LogP contribution in [0.25, 0.3) is 0 Å². The number of hydrogen-bond acceptors (Lipinski definition) is 5. The van der Waals surface area contributed by atoms with Gasteiger partial charge in [-0.1, -0.05) is 142 Å². The van der Waals surface area contributed by atoms with Gasteiger partial charge in [0.2, 0.25) is 0 Å². The van der Waals surface area contributed by atoms with Crippen LogP contribution in [0.5, 0.6) is 0 Å². The van der Waals surface area contributed by atoms with E-state index < -0.39 is 7.82 Å². The van der Waals surface area contributed by atoms with Crippen molar-refractivity contribution in [1.82, 2.24) is 0 Å². The summed E-state index contributed by atoms with van der Waals surface area (Å²) in [5.74, 6) is 0. The van der Waals surface area contributed by atoms with E-state index >= 15 is 0 Å². The van der Waals surface area contributed by atoms with Crippen molar-refractivity contribution in [3.05, 3.63) is 0 Å². The fourth-order valence-corrected chi connectivity index (χ4v) is 3.72. The van der Waals surface area contributed by atoms with E-state index in [1.165, 1.54) is 135 Å². The fraction of sp³-hybridized carbons (Fsp3) is 1.00. The smallest absolute Gasteiger partial charge is 0.822 e. The Kier molecular flexibility index (Phi) is 60.0. The van der Waals surface area contributed by atoms with E-state index in [2.05, 4.69) is 6.92 Å². The first kappa shape index (κ1) is 47.8.